The molecular weight excluding hydrogens is 284 g/mol. The van der Waals surface area contributed by atoms with E-state index in [1.54, 1.807) is 0 Å². The van der Waals surface area contributed by atoms with Crippen molar-refractivity contribution in [2.45, 2.75) is 6.04 Å². The van der Waals surface area contributed by atoms with Gasteiger partial charge in [-0.25, -0.2) is 0 Å². The first-order valence-corrected chi connectivity index (χ1v) is 7.16. The van der Waals surface area contributed by atoms with Crippen molar-refractivity contribution in [3.8, 4) is 0 Å². The number of fused-ring (bicyclic) bond motifs is 1. The van der Waals surface area contributed by atoms with Crippen molar-refractivity contribution in [1.29, 1.82) is 0 Å². The third-order valence-corrected chi connectivity index (χ3v) is 3.97. The number of carbonyl (C=O) groups excluding carboxylic acids is 1. The van der Waals surface area contributed by atoms with Crippen molar-refractivity contribution in [2.24, 2.45) is 4.99 Å². The fourth-order valence-corrected chi connectivity index (χ4v) is 2.73. The molecule has 0 aliphatic carbocycles. The van der Waals surface area contributed by atoms with Crippen LogP contribution in [0.25, 0.3) is 0 Å². The fraction of sp³-hybridized carbons (Fsp3) is 0.176. The molecule has 3 rings (SSSR count). The lowest BCUT2D eigenvalue weighted by atomic mass is 10.0. The highest BCUT2D eigenvalue weighted by Gasteiger charge is 2.23. The number of benzene rings is 2. The van der Waals surface area contributed by atoms with E-state index in [1.165, 1.54) is 0 Å². The molecule has 106 valence electrons. The summed E-state index contributed by atoms with van der Waals surface area (Å²) in [6, 6.07) is 15.4. The van der Waals surface area contributed by atoms with Crippen molar-refractivity contribution >= 4 is 29.3 Å². The van der Waals surface area contributed by atoms with E-state index >= 15 is 0 Å². The van der Waals surface area contributed by atoms with Gasteiger partial charge in [-0.1, -0.05) is 41.9 Å². The Labute approximate surface area is 128 Å². The standard InChI is InChI=1S/C17H15ClN2O/c1-20-14(11-21)10-19-17(12-5-3-2-4-6-12)15-9-13(18)7-8-16(15)20/h2-9,11,14H,10H2,1H3. The Bertz CT molecular complexity index is 697. The second-order valence-corrected chi connectivity index (χ2v) is 5.47. The molecule has 4 heteroatoms. The van der Waals surface area contributed by atoms with Crippen molar-refractivity contribution in [2.75, 3.05) is 18.5 Å². The summed E-state index contributed by atoms with van der Waals surface area (Å²) >= 11 is 6.16. The number of anilines is 1. The summed E-state index contributed by atoms with van der Waals surface area (Å²) in [6.07, 6.45) is 0.940. The quantitative estimate of drug-likeness (QED) is 0.798. The molecule has 1 heterocycles. The molecule has 2 aromatic carbocycles. The fourth-order valence-electron chi connectivity index (χ4n) is 2.55. The Morgan fingerprint density at radius 3 is 2.71 bits per heavy atom. The smallest absolute Gasteiger partial charge is 0.144 e. The van der Waals surface area contributed by atoms with Gasteiger partial charge in [-0.3, -0.25) is 4.99 Å². The Kier molecular flexibility index (Phi) is 3.76. The van der Waals surface area contributed by atoms with Crippen LogP contribution in [0.15, 0.2) is 53.5 Å². The molecule has 1 unspecified atom stereocenters. The van der Waals surface area contributed by atoms with Crippen LogP contribution in [-0.4, -0.2) is 31.6 Å². The summed E-state index contributed by atoms with van der Waals surface area (Å²) < 4.78 is 0. The second-order valence-electron chi connectivity index (χ2n) is 5.03. The van der Waals surface area contributed by atoms with E-state index < -0.39 is 0 Å². The molecule has 0 bridgehead atoms. The van der Waals surface area contributed by atoms with Crippen molar-refractivity contribution in [1.82, 2.24) is 0 Å². The van der Waals surface area contributed by atoms with Gasteiger partial charge >= 0.3 is 0 Å². The summed E-state index contributed by atoms with van der Waals surface area (Å²) in [5.74, 6) is 0. The molecule has 2 aromatic rings. The van der Waals surface area contributed by atoms with Crippen LogP contribution in [0.4, 0.5) is 5.69 Å². The predicted molar refractivity (Wildman–Crippen MR) is 86.7 cm³/mol. The van der Waals surface area contributed by atoms with Crippen LogP contribution < -0.4 is 4.90 Å². The molecule has 3 nitrogen and oxygen atoms in total. The van der Waals surface area contributed by atoms with Crippen LogP contribution in [0.1, 0.15) is 11.1 Å². The van der Waals surface area contributed by atoms with Crippen molar-refractivity contribution in [3.63, 3.8) is 0 Å². The molecule has 0 aromatic heterocycles. The van der Waals surface area contributed by atoms with Gasteiger partial charge in [0.1, 0.15) is 12.3 Å². The molecule has 0 saturated heterocycles. The summed E-state index contributed by atoms with van der Waals surface area (Å²) in [4.78, 5) is 17.9. The lowest BCUT2D eigenvalue weighted by Gasteiger charge is -2.24. The normalized spacial score (nSPS) is 17.7. The second kappa shape index (κ2) is 5.70. The molecule has 1 aliphatic heterocycles. The third-order valence-electron chi connectivity index (χ3n) is 3.73. The van der Waals surface area contributed by atoms with E-state index in [-0.39, 0.29) is 6.04 Å². The number of carbonyl (C=O) groups is 1. The van der Waals surface area contributed by atoms with Crippen molar-refractivity contribution < 1.29 is 4.79 Å². The van der Waals surface area contributed by atoms with E-state index in [4.69, 9.17) is 11.6 Å². The minimum Gasteiger partial charge on any atom is -0.362 e. The molecule has 0 saturated carbocycles. The zero-order valence-electron chi connectivity index (χ0n) is 11.7. The molecule has 0 radical (unpaired) electrons. The molecule has 1 atom stereocenters. The van der Waals surface area contributed by atoms with Crippen LogP contribution in [-0.2, 0) is 4.79 Å². The number of aldehydes is 1. The summed E-state index contributed by atoms with van der Waals surface area (Å²) in [5.41, 5.74) is 3.84. The number of nitrogens with zero attached hydrogens (tertiary/aromatic N) is 2. The highest BCUT2D eigenvalue weighted by molar-refractivity contribution is 6.31. The number of rotatable bonds is 2. The Balaban J connectivity index is 2.21. The van der Waals surface area contributed by atoms with Crippen LogP contribution in [0.3, 0.4) is 0 Å². The first-order chi connectivity index (χ1) is 10.2. The van der Waals surface area contributed by atoms with Gasteiger partial charge in [0.2, 0.25) is 0 Å². The summed E-state index contributed by atoms with van der Waals surface area (Å²) in [6.45, 7) is 0.441. The molecule has 0 N–H and O–H groups in total. The first kappa shape index (κ1) is 13.8. The maximum Gasteiger partial charge on any atom is 0.144 e. The van der Waals surface area contributed by atoms with Gasteiger partial charge < -0.3 is 9.69 Å². The SMILES string of the molecule is CN1c2ccc(Cl)cc2C(c2ccccc2)=NCC1C=O. The molecule has 21 heavy (non-hydrogen) atoms. The zero-order valence-corrected chi connectivity index (χ0v) is 12.4. The summed E-state index contributed by atoms with van der Waals surface area (Å²) in [7, 11) is 1.91. The van der Waals surface area contributed by atoms with Gasteiger partial charge in [0.15, 0.2) is 0 Å². The van der Waals surface area contributed by atoms with Crippen LogP contribution in [0.5, 0.6) is 0 Å². The number of likely N-dealkylation sites (N-methyl/N-ethyl adjacent to an activating group) is 1. The van der Waals surface area contributed by atoms with Gasteiger partial charge in [0.25, 0.3) is 0 Å². The zero-order chi connectivity index (χ0) is 14.8. The number of hydrogen-bond donors (Lipinski definition) is 0. The Morgan fingerprint density at radius 2 is 2.00 bits per heavy atom. The van der Waals surface area contributed by atoms with Crippen LogP contribution >= 0.6 is 11.6 Å². The molecule has 0 spiro atoms. The van der Waals surface area contributed by atoms with Gasteiger partial charge in [-0.15, -0.1) is 0 Å². The predicted octanol–water partition coefficient (Wildman–Crippen LogP) is 3.19. The highest BCUT2D eigenvalue weighted by atomic mass is 35.5. The lowest BCUT2D eigenvalue weighted by molar-refractivity contribution is -0.108. The van der Waals surface area contributed by atoms with E-state index in [9.17, 15) is 4.79 Å². The minimum atomic E-state index is -0.258. The average molecular weight is 299 g/mol. The average Bonchev–Trinajstić information content (AvgIpc) is 2.65. The maximum atomic E-state index is 11.3. The highest BCUT2D eigenvalue weighted by Crippen LogP contribution is 2.29. The van der Waals surface area contributed by atoms with E-state index in [0.29, 0.717) is 11.6 Å². The van der Waals surface area contributed by atoms with E-state index in [1.807, 2.05) is 60.5 Å². The van der Waals surface area contributed by atoms with Crippen LogP contribution in [0, 0.1) is 0 Å². The number of hydrogen-bond acceptors (Lipinski definition) is 3. The third kappa shape index (κ3) is 2.57. The van der Waals surface area contributed by atoms with Gasteiger partial charge in [0, 0.05) is 28.9 Å². The topological polar surface area (TPSA) is 32.7 Å². The Hall–Kier alpha value is -2.13. The molecule has 1 aliphatic rings. The molecular formula is C17H15ClN2O. The number of halogens is 1. The number of benzodiazepines with no additional fused rings is 1. The largest absolute Gasteiger partial charge is 0.362 e. The summed E-state index contributed by atoms with van der Waals surface area (Å²) in [5, 5.41) is 0.662. The van der Waals surface area contributed by atoms with Crippen molar-refractivity contribution in [3.05, 3.63) is 64.7 Å². The monoisotopic (exact) mass is 298 g/mol. The minimum absolute atomic E-state index is 0.258. The van der Waals surface area contributed by atoms with Gasteiger partial charge in [-0.05, 0) is 18.2 Å². The van der Waals surface area contributed by atoms with E-state index in [2.05, 4.69) is 4.99 Å². The lowest BCUT2D eigenvalue weighted by Crippen LogP contribution is -2.34. The first-order valence-electron chi connectivity index (χ1n) is 6.78. The van der Waals surface area contributed by atoms with E-state index in [0.717, 1.165) is 28.8 Å². The maximum absolute atomic E-state index is 11.3. The van der Waals surface area contributed by atoms with Gasteiger partial charge in [0.05, 0.1) is 12.3 Å². The molecule has 0 fully saturated rings. The van der Waals surface area contributed by atoms with Crippen LogP contribution in [0.2, 0.25) is 5.02 Å². The Morgan fingerprint density at radius 1 is 1.24 bits per heavy atom. The number of aliphatic imine (C=N–C) groups is 1. The van der Waals surface area contributed by atoms with Gasteiger partial charge in [-0.2, -0.15) is 0 Å². The molecule has 0 amide bonds.